The van der Waals surface area contributed by atoms with Crippen LogP contribution in [0.5, 0.6) is 11.6 Å². The predicted molar refractivity (Wildman–Crippen MR) is 109 cm³/mol. The summed E-state index contributed by atoms with van der Waals surface area (Å²) < 4.78 is 45.6. The van der Waals surface area contributed by atoms with E-state index in [1.165, 1.54) is 18.5 Å². The van der Waals surface area contributed by atoms with Crippen LogP contribution in [0.15, 0.2) is 67.1 Å². The highest BCUT2D eigenvalue weighted by molar-refractivity contribution is 5.92. The van der Waals surface area contributed by atoms with Crippen molar-refractivity contribution >= 4 is 22.6 Å². The molecule has 0 radical (unpaired) electrons. The van der Waals surface area contributed by atoms with E-state index >= 15 is 0 Å². The number of ether oxygens (including phenoxy) is 1. The summed E-state index contributed by atoms with van der Waals surface area (Å²) in [6.45, 7) is 0. The largest absolute Gasteiger partial charge is 0.438 e. The first kappa shape index (κ1) is 20.4. The van der Waals surface area contributed by atoms with E-state index in [-0.39, 0.29) is 12.3 Å². The Morgan fingerprint density at radius 2 is 1.74 bits per heavy atom. The summed E-state index contributed by atoms with van der Waals surface area (Å²) >= 11 is 0. The second-order valence-electron chi connectivity index (χ2n) is 6.89. The van der Waals surface area contributed by atoms with Gasteiger partial charge >= 0.3 is 6.18 Å². The summed E-state index contributed by atoms with van der Waals surface area (Å²) in [5.74, 6) is 0.615. The number of carbonyl (C=O) groups excluding carboxylic acids is 1. The molecule has 1 N–H and O–H groups in total. The number of amides is 1. The fraction of sp³-hybridized carbons (Fsp3) is 0.136. The second kappa shape index (κ2) is 8.10. The first-order chi connectivity index (χ1) is 14.8. The topological polar surface area (TPSA) is 69.0 Å². The molecule has 0 bridgehead atoms. The van der Waals surface area contributed by atoms with Crippen molar-refractivity contribution in [3.63, 3.8) is 0 Å². The first-order valence-corrected chi connectivity index (χ1v) is 9.29. The van der Waals surface area contributed by atoms with E-state index in [0.29, 0.717) is 22.9 Å². The van der Waals surface area contributed by atoms with Crippen molar-refractivity contribution in [2.24, 2.45) is 7.05 Å². The van der Waals surface area contributed by atoms with Gasteiger partial charge in [0.15, 0.2) is 0 Å². The van der Waals surface area contributed by atoms with E-state index in [9.17, 15) is 18.0 Å². The number of carbonyl (C=O) groups is 1. The number of aromatic nitrogens is 3. The number of fused-ring (bicyclic) bond motifs is 1. The molecule has 0 fully saturated rings. The number of rotatable bonds is 5. The van der Waals surface area contributed by atoms with E-state index in [4.69, 9.17) is 4.74 Å². The maximum absolute atomic E-state index is 12.6. The molecule has 0 aliphatic rings. The number of benzene rings is 2. The van der Waals surface area contributed by atoms with Gasteiger partial charge in [-0.05, 0) is 48.0 Å². The van der Waals surface area contributed by atoms with Gasteiger partial charge in [0, 0.05) is 18.9 Å². The van der Waals surface area contributed by atoms with E-state index < -0.39 is 11.7 Å². The SMILES string of the molecule is Cn1ccc2c(Oc3ccc(NC(=O)Cc4ccc(C(F)(F)F)cc4)cc3)ncnc21. The monoisotopic (exact) mass is 426 g/mol. The molecule has 31 heavy (non-hydrogen) atoms. The van der Waals surface area contributed by atoms with E-state index in [1.807, 2.05) is 23.9 Å². The number of aryl methyl sites for hydroxylation is 1. The lowest BCUT2D eigenvalue weighted by atomic mass is 10.1. The molecule has 0 spiro atoms. The molecule has 2 heterocycles. The Labute approximate surface area is 175 Å². The summed E-state index contributed by atoms with van der Waals surface area (Å²) in [5, 5.41) is 3.49. The van der Waals surface area contributed by atoms with Crippen molar-refractivity contribution < 1.29 is 22.7 Å². The van der Waals surface area contributed by atoms with Crippen LogP contribution in [0.4, 0.5) is 18.9 Å². The minimum absolute atomic E-state index is 0.0384. The highest BCUT2D eigenvalue weighted by Crippen LogP contribution is 2.29. The Bertz CT molecular complexity index is 1220. The summed E-state index contributed by atoms with van der Waals surface area (Å²) in [6.07, 6.45) is -1.15. The van der Waals surface area contributed by atoms with Gasteiger partial charge in [0.1, 0.15) is 17.7 Å². The van der Waals surface area contributed by atoms with Gasteiger partial charge in [-0.15, -0.1) is 0 Å². The highest BCUT2D eigenvalue weighted by atomic mass is 19.4. The Morgan fingerprint density at radius 3 is 2.42 bits per heavy atom. The molecule has 158 valence electrons. The molecule has 6 nitrogen and oxygen atoms in total. The van der Waals surface area contributed by atoms with Crippen LogP contribution in [0.25, 0.3) is 11.0 Å². The van der Waals surface area contributed by atoms with Gasteiger partial charge in [-0.3, -0.25) is 4.79 Å². The number of hydrogen-bond donors (Lipinski definition) is 1. The second-order valence-corrected chi connectivity index (χ2v) is 6.89. The Morgan fingerprint density at radius 1 is 1.03 bits per heavy atom. The molecule has 2 aromatic carbocycles. The van der Waals surface area contributed by atoms with Gasteiger partial charge < -0.3 is 14.6 Å². The average Bonchev–Trinajstić information content (AvgIpc) is 3.11. The number of anilines is 1. The van der Waals surface area contributed by atoms with Crippen molar-refractivity contribution in [1.82, 2.24) is 14.5 Å². The number of nitrogens with zero attached hydrogens (tertiary/aromatic N) is 3. The molecule has 0 atom stereocenters. The lowest BCUT2D eigenvalue weighted by Gasteiger charge is -2.09. The van der Waals surface area contributed by atoms with Gasteiger partial charge in [-0.2, -0.15) is 13.2 Å². The van der Waals surface area contributed by atoms with Crippen molar-refractivity contribution in [3.8, 4) is 11.6 Å². The lowest BCUT2D eigenvalue weighted by Crippen LogP contribution is -2.14. The molecule has 0 aliphatic heterocycles. The summed E-state index contributed by atoms with van der Waals surface area (Å²) in [4.78, 5) is 20.6. The molecule has 1 amide bonds. The van der Waals surface area contributed by atoms with Crippen molar-refractivity contribution in [2.45, 2.75) is 12.6 Å². The van der Waals surface area contributed by atoms with E-state index in [0.717, 1.165) is 23.2 Å². The number of alkyl halides is 3. The third-order valence-electron chi connectivity index (χ3n) is 4.62. The third kappa shape index (κ3) is 4.66. The maximum atomic E-state index is 12.6. The minimum atomic E-state index is -4.40. The van der Waals surface area contributed by atoms with E-state index in [1.54, 1.807) is 24.3 Å². The molecular formula is C22H17F3N4O2. The Balaban J connectivity index is 1.38. The number of nitrogens with one attached hydrogen (secondary N) is 1. The third-order valence-corrected chi connectivity index (χ3v) is 4.62. The standard InChI is InChI=1S/C22H17F3N4O2/c1-29-11-10-18-20(29)26-13-27-21(18)31-17-8-6-16(7-9-17)28-19(30)12-14-2-4-15(5-3-14)22(23,24)25/h2-11,13H,12H2,1H3,(H,28,30). The molecule has 4 rings (SSSR count). The Kier molecular flexibility index (Phi) is 5.33. The molecule has 4 aromatic rings. The molecule has 2 aromatic heterocycles. The smallest absolute Gasteiger partial charge is 0.416 e. The molecule has 0 aliphatic carbocycles. The van der Waals surface area contributed by atoms with Crippen molar-refractivity contribution in [3.05, 3.63) is 78.2 Å². The van der Waals surface area contributed by atoms with Crippen LogP contribution in [0, 0.1) is 0 Å². The zero-order valence-electron chi connectivity index (χ0n) is 16.3. The molecule has 0 saturated heterocycles. The molecule has 9 heteroatoms. The van der Waals surface area contributed by atoms with Gasteiger partial charge in [0.05, 0.1) is 17.4 Å². The zero-order chi connectivity index (χ0) is 22.0. The van der Waals surface area contributed by atoms with Crippen LogP contribution < -0.4 is 10.1 Å². The van der Waals surface area contributed by atoms with Gasteiger partial charge in [-0.1, -0.05) is 12.1 Å². The van der Waals surface area contributed by atoms with Gasteiger partial charge in [0.25, 0.3) is 0 Å². The average molecular weight is 426 g/mol. The quantitative estimate of drug-likeness (QED) is 0.490. The molecule has 0 unspecified atom stereocenters. The van der Waals surface area contributed by atoms with E-state index in [2.05, 4.69) is 15.3 Å². The maximum Gasteiger partial charge on any atom is 0.416 e. The Hall–Kier alpha value is -3.88. The predicted octanol–water partition coefficient (Wildman–Crippen LogP) is 4.96. The van der Waals surface area contributed by atoms with Crippen LogP contribution in [0.3, 0.4) is 0 Å². The fourth-order valence-electron chi connectivity index (χ4n) is 3.06. The summed E-state index contributed by atoms with van der Waals surface area (Å²) in [6, 6.07) is 13.1. The van der Waals surface area contributed by atoms with Gasteiger partial charge in [-0.25, -0.2) is 9.97 Å². The minimum Gasteiger partial charge on any atom is -0.438 e. The lowest BCUT2D eigenvalue weighted by molar-refractivity contribution is -0.137. The van der Waals surface area contributed by atoms with Crippen LogP contribution >= 0.6 is 0 Å². The van der Waals surface area contributed by atoms with Crippen molar-refractivity contribution in [1.29, 1.82) is 0 Å². The summed E-state index contributed by atoms with van der Waals surface area (Å²) in [7, 11) is 1.88. The summed E-state index contributed by atoms with van der Waals surface area (Å²) in [5.41, 5.74) is 1.03. The van der Waals surface area contributed by atoms with Gasteiger partial charge in [0.2, 0.25) is 11.8 Å². The van der Waals surface area contributed by atoms with Crippen LogP contribution in [-0.2, 0) is 24.4 Å². The first-order valence-electron chi connectivity index (χ1n) is 9.29. The fourth-order valence-corrected chi connectivity index (χ4v) is 3.06. The number of hydrogen-bond acceptors (Lipinski definition) is 4. The number of halogens is 3. The van der Waals surface area contributed by atoms with Crippen molar-refractivity contribution in [2.75, 3.05) is 5.32 Å². The van der Waals surface area contributed by atoms with Crippen LogP contribution in [-0.4, -0.2) is 20.4 Å². The highest BCUT2D eigenvalue weighted by Gasteiger charge is 2.29. The van der Waals surface area contributed by atoms with Crippen LogP contribution in [0.1, 0.15) is 11.1 Å². The zero-order valence-corrected chi connectivity index (χ0v) is 16.3. The van der Waals surface area contributed by atoms with Crippen LogP contribution in [0.2, 0.25) is 0 Å². The molecule has 0 saturated carbocycles. The molecular weight excluding hydrogens is 409 g/mol. The normalized spacial score (nSPS) is 11.5.